The van der Waals surface area contributed by atoms with E-state index in [1.54, 1.807) is 12.4 Å². The molecule has 120 valence electrons. The van der Waals surface area contributed by atoms with Gasteiger partial charge in [-0.1, -0.05) is 25.5 Å². The first-order valence-electron chi connectivity index (χ1n) is 7.94. The molecular weight excluding hydrogens is 286 g/mol. The number of nitrogens with one attached hydrogen (secondary N) is 1. The smallest absolute Gasteiger partial charge is 0.163 e. The zero-order valence-electron chi connectivity index (χ0n) is 13.8. The number of hydrogen-bond acceptors (Lipinski definition) is 5. The van der Waals surface area contributed by atoms with Crippen LogP contribution in [0.5, 0.6) is 0 Å². The number of pyridine rings is 1. The van der Waals surface area contributed by atoms with Crippen LogP contribution in [0.4, 0.5) is 5.69 Å². The molecule has 1 aliphatic rings. The Morgan fingerprint density at radius 2 is 2.30 bits per heavy atom. The second-order valence-electron chi connectivity index (χ2n) is 5.63. The Bertz CT molecular complexity index is 694. The van der Waals surface area contributed by atoms with Crippen molar-refractivity contribution >= 4 is 11.4 Å². The Kier molecular flexibility index (Phi) is 5.53. The van der Waals surface area contributed by atoms with Crippen molar-refractivity contribution in [2.75, 3.05) is 11.9 Å². The number of nitrogens with two attached hydrogens (primary N) is 1. The molecule has 0 aromatic carbocycles. The SMILES string of the molecule is C=C(CCC)C1CC(c2cnc(C#N)c(NCC)c2)=NC=C1N. The molecule has 0 fully saturated rings. The van der Waals surface area contributed by atoms with Crippen LogP contribution < -0.4 is 11.1 Å². The van der Waals surface area contributed by atoms with E-state index in [-0.39, 0.29) is 5.92 Å². The van der Waals surface area contributed by atoms with Crippen LogP contribution in [0.1, 0.15) is 44.4 Å². The first-order valence-corrected chi connectivity index (χ1v) is 7.94. The average Bonchev–Trinajstić information content (AvgIpc) is 2.55. The molecule has 0 radical (unpaired) electrons. The topological polar surface area (TPSA) is 87.1 Å². The number of rotatable bonds is 6. The molecule has 5 heteroatoms. The van der Waals surface area contributed by atoms with Gasteiger partial charge in [-0.2, -0.15) is 5.26 Å². The monoisotopic (exact) mass is 309 g/mol. The van der Waals surface area contributed by atoms with Crippen molar-refractivity contribution < 1.29 is 0 Å². The molecule has 3 N–H and O–H groups in total. The number of nitriles is 1. The fourth-order valence-corrected chi connectivity index (χ4v) is 2.71. The normalized spacial score (nSPS) is 17.0. The van der Waals surface area contributed by atoms with Crippen LogP contribution in [0.3, 0.4) is 0 Å². The van der Waals surface area contributed by atoms with E-state index in [0.29, 0.717) is 5.69 Å². The summed E-state index contributed by atoms with van der Waals surface area (Å²) in [5.74, 6) is 0.126. The molecule has 0 saturated heterocycles. The van der Waals surface area contributed by atoms with Crippen molar-refractivity contribution in [3.05, 3.63) is 47.6 Å². The third-order valence-electron chi connectivity index (χ3n) is 3.93. The summed E-state index contributed by atoms with van der Waals surface area (Å²) in [6.07, 6.45) is 6.15. The number of anilines is 1. The molecule has 1 aromatic rings. The Balaban J connectivity index is 2.30. The molecule has 1 aliphatic heterocycles. The first-order chi connectivity index (χ1) is 11.1. The lowest BCUT2D eigenvalue weighted by Gasteiger charge is -2.24. The van der Waals surface area contributed by atoms with Gasteiger partial charge in [0, 0.05) is 42.5 Å². The highest BCUT2D eigenvalue weighted by Gasteiger charge is 2.22. The lowest BCUT2D eigenvalue weighted by atomic mass is 9.86. The lowest BCUT2D eigenvalue weighted by molar-refractivity contribution is 0.675. The van der Waals surface area contributed by atoms with E-state index in [0.717, 1.165) is 54.0 Å². The number of aromatic nitrogens is 1. The number of aliphatic imine (C=N–C) groups is 1. The molecule has 1 atom stereocenters. The van der Waals surface area contributed by atoms with E-state index in [1.807, 2.05) is 13.0 Å². The molecule has 23 heavy (non-hydrogen) atoms. The standard InChI is InChI=1S/C18H23N5/c1-4-6-12(3)14-8-16(23-11-15(14)20)13-7-17(21-5-2)18(9-19)22-10-13/h7,10-11,14,21H,3-6,8,20H2,1-2H3. The zero-order valence-corrected chi connectivity index (χ0v) is 13.8. The van der Waals surface area contributed by atoms with E-state index in [4.69, 9.17) is 11.0 Å². The fourth-order valence-electron chi connectivity index (χ4n) is 2.71. The quantitative estimate of drug-likeness (QED) is 0.789. The fraction of sp³-hybridized carbons (Fsp3) is 0.389. The van der Waals surface area contributed by atoms with E-state index in [9.17, 15) is 0 Å². The summed E-state index contributed by atoms with van der Waals surface area (Å²) in [6.45, 7) is 9.03. The minimum absolute atomic E-state index is 0.126. The molecule has 2 heterocycles. The molecular formula is C18H23N5. The maximum Gasteiger partial charge on any atom is 0.163 e. The van der Waals surface area contributed by atoms with Gasteiger partial charge < -0.3 is 11.1 Å². The predicted octanol–water partition coefficient (Wildman–Crippen LogP) is 3.35. The highest BCUT2D eigenvalue weighted by Crippen LogP contribution is 2.29. The molecule has 5 nitrogen and oxygen atoms in total. The van der Waals surface area contributed by atoms with Crippen LogP contribution >= 0.6 is 0 Å². The van der Waals surface area contributed by atoms with Crippen molar-refractivity contribution in [1.29, 1.82) is 5.26 Å². The largest absolute Gasteiger partial charge is 0.400 e. The van der Waals surface area contributed by atoms with Gasteiger partial charge in [0.2, 0.25) is 0 Å². The lowest BCUT2D eigenvalue weighted by Crippen LogP contribution is -2.22. The average molecular weight is 309 g/mol. The van der Waals surface area contributed by atoms with Gasteiger partial charge in [-0.05, 0) is 19.4 Å². The van der Waals surface area contributed by atoms with Crippen LogP contribution in [-0.2, 0) is 0 Å². The Labute approximate surface area is 137 Å². The van der Waals surface area contributed by atoms with E-state index in [1.165, 1.54) is 0 Å². The number of allylic oxidation sites excluding steroid dienone is 1. The van der Waals surface area contributed by atoms with Gasteiger partial charge in [-0.25, -0.2) is 4.98 Å². The Morgan fingerprint density at radius 3 is 2.96 bits per heavy atom. The Morgan fingerprint density at radius 1 is 1.52 bits per heavy atom. The van der Waals surface area contributed by atoms with Crippen molar-refractivity contribution in [2.24, 2.45) is 16.6 Å². The summed E-state index contributed by atoms with van der Waals surface area (Å²) in [7, 11) is 0. The molecule has 1 aromatic heterocycles. The highest BCUT2D eigenvalue weighted by molar-refractivity contribution is 6.02. The molecule has 0 aliphatic carbocycles. The highest BCUT2D eigenvalue weighted by atomic mass is 14.9. The molecule has 0 bridgehead atoms. The van der Waals surface area contributed by atoms with E-state index >= 15 is 0 Å². The van der Waals surface area contributed by atoms with Gasteiger partial charge in [-0.3, -0.25) is 4.99 Å². The molecule has 0 saturated carbocycles. The van der Waals surface area contributed by atoms with Crippen molar-refractivity contribution in [3.8, 4) is 6.07 Å². The molecule has 0 amide bonds. The zero-order chi connectivity index (χ0) is 16.8. The molecule has 2 rings (SSSR count). The van der Waals surface area contributed by atoms with Crippen LogP contribution in [0.15, 0.2) is 41.3 Å². The summed E-state index contributed by atoms with van der Waals surface area (Å²) in [4.78, 5) is 8.71. The summed E-state index contributed by atoms with van der Waals surface area (Å²) in [5, 5.41) is 12.3. The van der Waals surface area contributed by atoms with Crippen molar-refractivity contribution in [1.82, 2.24) is 4.98 Å². The summed E-state index contributed by atoms with van der Waals surface area (Å²) >= 11 is 0. The minimum atomic E-state index is 0.126. The van der Waals surface area contributed by atoms with Crippen LogP contribution in [0.25, 0.3) is 0 Å². The van der Waals surface area contributed by atoms with Gasteiger partial charge >= 0.3 is 0 Å². The summed E-state index contributed by atoms with van der Waals surface area (Å²) in [6, 6.07) is 4.04. The van der Waals surface area contributed by atoms with Gasteiger partial charge in [0.15, 0.2) is 5.69 Å². The second-order valence-corrected chi connectivity index (χ2v) is 5.63. The second kappa shape index (κ2) is 7.59. The number of nitrogens with zero attached hydrogens (tertiary/aromatic N) is 3. The van der Waals surface area contributed by atoms with Crippen LogP contribution in [-0.4, -0.2) is 17.2 Å². The van der Waals surface area contributed by atoms with Crippen molar-refractivity contribution in [3.63, 3.8) is 0 Å². The Hall–Kier alpha value is -2.61. The van der Waals surface area contributed by atoms with E-state index in [2.05, 4.69) is 34.9 Å². The predicted molar refractivity (Wildman–Crippen MR) is 94.1 cm³/mol. The third kappa shape index (κ3) is 3.78. The summed E-state index contributed by atoms with van der Waals surface area (Å²) in [5.41, 5.74) is 11.0. The van der Waals surface area contributed by atoms with Gasteiger partial charge in [0.05, 0.1) is 11.4 Å². The molecule has 0 spiro atoms. The van der Waals surface area contributed by atoms with Gasteiger partial charge in [0.1, 0.15) is 6.07 Å². The van der Waals surface area contributed by atoms with Crippen LogP contribution in [0.2, 0.25) is 0 Å². The third-order valence-corrected chi connectivity index (χ3v) is 3.93. The number of hydrogen-bond donors (Lipinski definition) is 2. The van der Waals surface area contributed by atoms with Gasteiger partial charge in [0.25, 0.3) is 0 Å². The van der Waals surface area contributed by atoms with Crippen molar-refractivity contribution in [2.45, 2.75) is 33.1 Å². The van der Waals surface area contributed by atoms with E-state index < -0.39 is 0 Å². The summed E-state index contributed by atoms with van der Waals surface area (Å²) < 4.78 is 0. The minimum Gasteiger partial charge on any atom is -0.400 e. The molecule has 1 unspecified atom stereocenters. The van der Waals surface area contributed by atoms with Gasteiger partial charge in [-0.15, -0.1) is 0 Å². The van der Waals surface area contributed by atoms with Crippen LogP contribution in [0, 0.1) is 17.2 Å². The maximum absolute atomic E-state index is 9.13. The first kappa shape index (κ1) is 16.8. The maximum atomic E-state index is 9.13.